The summed E-state index contributed by atoms with van der Waals surface area (Å²) in [5.41, 5.74) is -3.34. The molecule has 0 unspecified atom stereocenters. The van der Waals surface area contributed by atoms with Crippen LogP contribution < -0.4 is 20.0 Å². The Morgan fingerprint density at radius 1 is 1.28 bits per heavy atom. The molecule has 0 spiro atoms. The van der Waals surface area contributed by atoms with Gasteiger partial charge in [-0.1, -0.05) is 18.2 Å². The highest BCUT2D eigenvalue weighted by atomic mass is 31.2. The molecule has 0 aliphatic carbocycles. The van der Waals surface area contributed by atoms with Crippen LogP contribution >= 0.6 is 7.75 Å². The fourth-order valence-electron chi connectivity index (χ4n) is 3.49. The van der Waals surface area contributed by atoms with E-state index in [0.29, 0.717) is 4.57 Å². The van der Waals surface area contributed by atoms with Crippen molar-refractivity contribution in [2.75, 3.05) is 6.56 Å². The number of aromatic nitrogens is 2. The number of aliphatic hydroxyl groups excluding tert-OH is 1. The van der Waals surface area contributed by atoms with Crippen LogP contribution in [0.25, 0.3) is 0 Å². The summed E-state index contributed by atoms with van der Waals surface area (Å²) in [6.07, 6.45) is -5.80. The van der Waals surface area contributed by atoms with Crippen LogP contribution in [-0.2, 0) is 23.4 Å². The molecule has 1 aromatic heterocycles. The van der Waals surface area contributed by atoms with Gasteiger partial charge >= 0.3 is 19.4 Å². The van der Waals surface area contributed by atoms with Crippen LogP contribution in [0, 0.1) is 0 Å². The molecule has 0 amide bonds. The Kier molecular flexibility index (Phi) is 8.53. The number of nitrogens with one attached hydrogen (secondary N) is 1. The average Bonchev–Trinajstić information content (AvgIpc) is 3.09. The molecule has 1 aromatic carbocycles. The van der Waals surface area contributed by atoms with E-state index in [1.165, 1.54) is 19.1 Å². The van der Waals surface area contributed by atoms with Crippen LogP contribution in [-0.4, -0.2) is 68.4 Å². The summed E-state index contributed by atoms with van der Waals surface area (Å²) in [5, 5.41) is 24.4. The third-order valence-electron chi connectivity index (χ3n) is 5.32. The van der Waals surface area contributed by atoms with E-state index in [0.717, 1.165) is 13.1 Å². The number of hydrogen-bond donors (Lipinski definition) is 3. The summed E-state index contributed by atoms with van der Waals surface area (Å²) in [4.78, 5) is 28.9. The van der Waals surface area contributed by atoms with Gasteiger partial charge in [0.05, 0.1) is 22.9 Å². The zero-order chi connectivity index (χ0) is 31.6. The van der Waals surface area contributed by atoms with Gasteiger partial charge in [-0.05, 0) is 53.7 Å². The van der Waals surface area contributed by atoms with Crippen molar-refractivity contribution in [3.63, 3.8) is 0 Å². The standard InChI is InChI=1S/C25H36N3O10P/c1-15(2)35-20-12-13-28(24(31)26-20)23-25(6,32)21(29)19(37-23)14-34-39(33,38-18-10-8-7-9-11-18)27-17(5)22(30)36-16(3)4/h7-13,15-17,19,21,23,29,32H,14H2,1-6H3,(H,27,33)/t17-,19+,21+,23+,25+,39-/m0/s1/i12D,14D2. The van der Waals surface area contributed by atoms with Crippen LogP contribution in [0.5, 0.6) is 11.6 Å². The van der Waals surface area contributed by atoms with Gasteiger partial charge in [0.1, 0.15) is 29.6 Å². The Balaban J connectivity index is 1.94. The van der Waals surface area contributed by atoms with Crippen molar-refractivity contribution < 1.29 is 46.9 Å². The lowest BCUT2D eigenvalue weighted by atomic mass is 9.96. The zero-order valence-electron chi connectivity index (χ0n) is 25.4. The number of carbonyl (C=O) groups is 1. The normalized spacial score (nSPS) is 26.8. The van der Waals surface area contributed by atoms with Crippen LogP contribution in [0.4, 0.5) is 0 Å². The smallest absolute Gasteiger partial charge is 0.459 e. The van der Waals surface area contributed by atoms with E-state index in [1.54, 1.807) is 45.9 Å². The minimum absolute atomic E-state index is 0.00405. The molecular formula is C25H36N3O10P. The van der Waals surface area contributed by atoms with Crippen molar-refractivity contribution in [3.8, 4) is 11.6 Å². The number of para-hydroxylation sites is 1. The Labute approximate surface area is 230 Å². The summed E-state index contributed by atoms with van der Waals surface area (Å²) in [6.45, 7) is 5.77. The second kappa shape index (κ2) is 12.6. The largest absolute Gasteiger partial charge is 0.475 e. The van der Waals surface area contributed by atoms with Crippen LogP contribution in [0.1, 0.15) is 51.9 Å². The molecule has 0 radical (unpaired) electrons. The molecule has 1 aliphatic rings. The number of esters is 1. The molecule has 14 heteroatoms. The van der Waals surface area contributed by atoms with Gasteiger partial charge in [0.25, 0.3) is 0 Å². The summed E-state index contributed by atoms with van der Waals surface area (Å²) >= 11 is 0. The van der Waals surface area contributed by atoms with Crippen LogP contribution in [0.3, 0.4) is 0 Å². The highest BCUT2D eigenvalue weighted by Gasteiger charge is 2.54. The summed E-state index contributed by atoms with van der Waals surface area (Å²) in [6, 6.07) is 5.95. The molecule has 13 nitrogen and oxygen atoms in total. The third-order valence-corrected chi connectivity index (χ3v) is 6.82. The van der Waals surface area contributed by atoms with E-state index in [4.69, 9.17) is 27.4 Å². The Bertz CT molecular complexity index is 1360. The molecule has 216 valence electrons. The maximum absolute atomic E-state index is 13.9. The first kappa shape index (κ1) is 26.4. The van der Waals surface area contributed by atoms with Gasteiger partial charge in [0, 0.05) is 12.2 Å². The van der Waals surface area contributed by atoms with Gasteiger partial charge in [0.2, 0.25) is 5.88 Å². The highest BCUT2D eigenvalue weighted by Crippen LogP contribution is 2.47. The minimum atomic E-state index is -4.79. The van der Waals surface area contributed by atoms with Crippen LogP contribution in [0.15, 0.2) is 47.4 Å². The lowest BCUT2D eigenvalue weighted by molar-refractivity contribution is -0.149. The van der Waals surface area contributed by atoms with Crippen molar-refractivity contribution in [1.82, 2.24) is 14.6 Å². The molecule has 1 saturated heterocycles. The molecule has 2 aromatic rings. The van der Waals surface area contributed by atoms with E-state index in [1.807, 2.05) is 0 Å². The maximum Gasteiger partial charge on any atom is 0.459 e. The van der Waals surface area contributed by atoms with E-state index in [9.17, 15) is 24.4 Å². The minimum Gasteiger partial charge on any atom is -0.475 e. The van der Waals surface area contributed by atoms with Crippen molar-refractivity contribution >= 4 is 13.7 Å². The predicted molar refractivity (Wildman–Crippen MR) is 139 cm³/mol. The van der Waals surface area contributed by atoms with E-state index >= 15 is 0 Å². The van der Waals surface area contributed by atoms with Crippen molar-refractivity contribution in [2.45, 2.75) is 83.8 Å². The predicted octanol–water partition coefficient (Wildman–Crippen LogP) is 2.17. The SMILES string of the molecule is [2H]c1cn([C@@H]2O[C@H](C([2H])([2H])O[P@@](=O)(N[C@@H](C)C(=O)OC(C)C)Oc3ccccc3)[C@@H](O)[C@@]2(C)O)c(=O)nc1OC(C)C. The van der Waals surface area contributed by atoms with Crippen molar-refractivity contribution in [1.29, 1.82) is 0 Å². The fraction of sp³-hybridized carbons (Fsp3) is 0.560. The van der Waals surface area contributed by atoms with Gasteiger partial charge < -0.3 is 28.9 Å². The molecule has 0 bridgehead atoms. The second-order valence-electron chi connectivity index (χ2n) is 9.57. The first-order chi connectivity index (χ1) is 19.4. The summed E-state index contributed by atoms with van der Waals surface area (Å²) < 4.78 is 66.7. The second-order valence-corrected chi connectivity index (χ2v) is 11.2. The van der Waals surface area contributed by atoms with Crippen molar-refractivity contribution in [2.24, 2.45) is 0 Å². The topological polar surface area (TPSA) is 168 Å². The van der Waals surface area contributed by atoms with Gasteiger partial charge in [-0.25, -0.2) is 9.36 Å². The molecular weight excluding hydrogens is 533 g/mol. The monoisotopic (exact) mass is 572 g/mol. The maximum atomic E-state index is 13.9. The zero-order valence-corrected chi connectivity index (χ0v) is 23.3. The molecule has 2 heterocycles. The number of nitrogens with zero attached hydrogens (tertiary/aromatic N) is 2. The van der Waals surface area contributed by atoms with Gasteiger partial charge in [-0.2, -0.15) is 10.1 Å². The Morgan fingerprint density at radius 3 is 2.56 bits per heavy atom. The number of ether oxygens (including phenoxy) is 3. The number of carbonyl (C=O) groups excluding carboxylic acids is 1. The average molecular weight is 573 g/mol. The van der Waals surface area contributed by atoms with E-state index < -0.39 is 68.3 Å². The summed E-state index contributed by atoms with van der Waals surface area (Å²) in [7, 11) is -4.79. The Hall–Kier alpha value is -2.80. The molecule has 0 saturated carbocycles. The number of aliphatic hydroxyl groups is 2. The molecule has 1 aliphatic heterocycles. The molecule has 3 N–H and O–H groups in total. The van der Waals surface area contributed by atoms with Gasteiger partial charge in [-0.3, -0.25) is 13.9 Å². The van der Waals surface area contributed by atoms with E-state index in [-0.39, 0.29) is 17.7 Å². The molecule has 6 atom stereocenters. The van der Waals surface area contributed by atoms with Crippen LogP contribution in [0.2, 0.25) is 0 Å². The van der Waals surface area contributed by atoms with Gasteiger partial charge in [0.15, 0.2) is 6.23 Å². The first-order valence-corrected chi connectivity index (χ1v) is 13.8. The first-order valence-electron chi connectivity index (χ1n) is 13.7. The van der Waals surface area contributed by atoms with E-state index in [2.05, 4.69) is 10.1 Å². The van der Waals surface area contributed by atoms with Crippen molar-refractivity contribution in [3.05, 3.63) is 53.1 Å². The lowest BCUT2D eigenvalue weighted by Crippen LogP contribution is -2.46. The van der Waals surface area contributed by atoms with Gasteiger partial charge in [-0.15, -0.1) is 0 Å². The fourth-order valence-corrected chi connectivity index (χ4v) is 4.85. The number of benzene rings is 1. The quantitative estimate of drug-likeness (QED) is 0.251. The Morgan fingerprint density at radius 2 is 1.95 bits per heavy atom. The summed E-state index contributed by atoms with van der Waals surface area (Å²) in [5.74, 6) is -1.10. The lowest BCUT2D eigenvalue weighted by Gasteiger charge is -2.27. The molecule has 3 rings (SSSR count). The number of hydrogen-bond acceptors (Lipinski definition) is 11. The molecule has 39 heavy (non-hydrogen) atoms. The molecule has 1 fully saturated rings. The highest BCUT2D eigenvalue weighted by molar-refractivity contribution is 7.52. The number of rotatable bonds is 12. The third kappa shape index (κ3) is 7.87.